The Hall–Kier alpha value is -4.01. The van der Waals surface area contributed by atoms with Gasteiger partial charge in [-0.3, -0.25) is 14.0 Å². The molecule has 0 radical (unpaired) electrons. The van der Waals surface area contributed by atoms with Gasteiger partial charge < -0.3 is 9.80 Å². The monoisotopic (exact) mass is 414 g/mol. The number of likely N-dealkylation sites (N-methyl/N-ethyl adjacent to an activating group) is 1. The molecule has 0 aliphatic carbocycles. The third kappa shape index (κ3) is 3.05. The van der Waals surface area contributed by atoms with Gasteiger partial charge in [-0.2, -0.15) is 10.1 Å². The number of amides is 1. The van der Waals surface area contributed by atoms with Gasteiger partial charge in [0, 0.05) is 38.2 Å². The molecule has 9 heteroatoms. The molecule has 1 aliphatic rings. The minimum Gasteiger partial charge on any atom is -0.309 e. The highest BCUT2D eigenvalue weighted by Crippen LogP contribution is 2.39. The fourth-order valence-corrected chi connectivity index (χ4v) is 3.95. The van der Waals surface area contributed by atoms with Gasteiger partial charge in [-0.25, -0.2) is 9.97 Å². The highest BCUT2D eigenvalue weighted by Gasteiger charge is 2.38. The minimum absolute atomic E-state index is 0.00260. The van der Waals surface area contributed by atoms with E-state index in [0.29, 0.717) is 23.9 Å². The Balaban J connectivity index is 1.68. The lowest BCUT2D eigenvalue weighted by molar-refractivity contribution is -0.119. The summed E-state index contributed by atoms with van der Waals surface area (Å²) in [4.78, 5) is 30.6. The summed E-state index contributed by atoms with van der Waals surface area (Å²) in [5, 5.41) is 4.30. The molecule has 5 rings (SSSR count). The minimum atomic E-state index is -0.374. The molecular formula is C22H22N8O. The first kappa shape index (κ1) is 19.0. The fraction of sp³-hybridized carbons (Fsp3) is 0.227. The van der Waals surface area contributed by atoms with E-state index < -0.39 is 0 Å². The van der Waals surface area contributed by atoms with E-state index in [0.717, 1.165) is 17.1 Å². The summed E-state index contributed by atoms with van der Waals surface area (Å²) in [6.07, 6.45) is 9.54. The van der Waals surface area contributed by atoms with E-state index in [1.54, 1.807) is 35.2 Å². The van der Waals surface area contributed by atoms with Gasteiger partial charge in [0.25, 0.3) is 0 Å². The molecule has 4 heterocycles. The van der Waals surface area contributed by atoms with Crippen molar-refractivity contribution < 1.29 is 4.79 Å². The Morgan fingerprint density at radius 3 is 2.58 bits per heavy atom. The quantitative estimate of drug-likeness (QED) is 0.510. The number of rotatable bonds is 4. The maximum absolute atomic E-state index is 13.0. The maximum atomic E-state index is 13.0. The van der Waals surface area contributed by atoms with E-state index in [1.807, 2.05) is 66.2 Å². The van der Waals surface area contributed by atoms with Crippen LogP contribution in [-0.4, -0.2) is 48.3 Å². The molecule has 0 N–H and O–H groups in total. The van der Waals surface area contributed by atoms with Crippen molar-refractivity contribution in [1.82, 2.24) is 29.3 Å². The van der Waals surface area contributed by atoms with Crippen LogP contribution < -0.4 is 9.80 Å². The molecule has 0 saturated carbocycles. The van der Waals surface area contributed by atoms with E-state index in [1.165, 1.54) is 0 Å². The number of fused-ring (bicyclic) bond motifs is 1. The summed E-state index contributed by atoms with van der Waals surface area (Å²) in [7, 11) is 3.62. The molecule has 9 nitrogen and oxygen atoms in total. The summed E-state index contributed by atoms with van der Waals surface area (Å²) in [5.41, 5.74) is 2.44. The first-order chi connectivity index (χ1) is 15.1. The Morgan fingerprint density at radius 2 is 1.87 bits per heavy atom. The first-order valence-electron chi connectivity index (χ1n) is 10.1. The highest BCUT2D eigenvalue weighted by molar-refractivity contribution is 6.06. The Bertz CT molecular complexity index is 1250. The third-order valence-corrected chi connectivity index (χ3v) is 5.50. The lowest BCUT2D eigenvalue weighted by Crippen LogP contribution is -2.50. The molecule has 1 aromatic carbocycles. The predicted molar refractivity (Wildman–Crippen MR) is 117 cm³/mol. The number of aryl methyl sites for hydroxylation is 1. The third-order valence-electron chi connectivity index (χ3n) is 5.50. The van der Waals surface area contributed by atoms with Crippen LogP contribution in [0.1, 0.15) is 13.3 Å². The van der Waals surface area contributed by atoms with Gasteiger partial charge in [-0.1, -0.05) is 37.3 Å². The fourth-order valence-electron chi connectivity index (χ4n) is 3.95. The van der Waals surface area contributed by atoms with E-state index >= 15 is 0 Å². The molecule has 3 aromatic heterocycles. The van der Waals surface area contributed by atoms with Gasteiger partial charge in [0.05, 0.1) is 18.1 Å². The lowest BCUT2D eigenvalue weighted by atomic mass is 10.1. The summed E-state index contributed by atoms with van der Waals surface area (Å²) in [5.74, 6) is 1.91. The average Bonchev–Trinajstić information content (AvgIpc) is 3.45. The van der Waals surface area contributed by atoms with Crippen LogP contribution in [0.3, 0.4) is 0 Å². The summed E-state index contributed by atoms with van der Waals surface area (Å²) >= 11 is 0. The molecule has 31 heavy (non-hydrogen) atoms. The topological polar surface area (TPSA) is 85.0 Å². The van der Waals surface area contributed by atoms with Gasteiger partial charge in [0.1, 0.15) is 17.6 Å². The van der Waals surface area contributed by atoms with E-state index in [2.05, 4.69) is 15.1 Å². The average molecular weight is 414 g/mol. The molecule has 4 aromatic rings. The van der Waals surface area contributed by atoms with Crippen LogP contribution in [0, 0.1) is 0 Å². The van der Waals surface area contributed by atoms with Gasteiger partial charge in [0.2, 0.25) is 11.9 Å². The highest BCUT2D eigenvalue weighted by atomic mass is 16.2. The van der Waals surface area contributed by atoms with Crippen LogP contribution in [-0.2, 0) is 11.8 Å². The molecule has 0 saturated heterocycles. The number of benzene rings is 1. The molecule has 0 spiro atoms. The van der Waals surface area contributed by atoms with Crippen molar-refractivity contribution >= 4 is 23.1 Å². The number of carbonyl (C=O) groups excluding carboxylic acids is 1. The zero-order valence-corrected chi connectivity index (χ0v) is 17.5. The number of imidazole rings is 1. The zero-order valence-electron chi connectivity index (χ0n) is 17.5. The largest absolute Gasteiger partial charge is 0.309 e. The Morgan fingerprint density at radius 1 is 1.06 bits per heavy atom. The zero-order chi connectivity index (χ0) is 21.5. The standard InChI is InChI=1S/C22H22N8O/c1-4-17-21(31)28(3)18-13-24-22(26-20(18)30(17)16-12-25-27(2)14-16)29-11-10-23-19(29)15-8-6-5-7-9-15/h5-14,17H,4H2,1-3H3/t17-/m0/s1. The number of hydrogen-bond acceptors (Lipinski definition) is 6. The number of nitrogens with zero attached hydrogens (tertiary/aromatic N) is 8. The molecule has 1 atom stereocenters. The van der Waals surface area contributed by atoms with E-state index in [4.69, 9.17) is 4.98 Å². The van der Waals surface area contributed by atoms with Crippen molar-refractivity contribution in [2.75, 3.05) is 16.8 Å². The van der Waals surface area contributed by atoms with Gasteiger partial charge in [-0.15, -0.1) is 0 Å². The molecule has 1 aliphatic heterocycles. The molecule has 156 valence electrons. The Kier molecular flexibility index (Phi) is 4.50. The van der Waals surface area contributed by atoms with E-state index in [-0.39, 0.29) is 11.9 Å². The number of aromatic nitrogens is 6. The van der Waals surface area contributed by atoms with Crippen molar-refractivity contribution in [3.63, 3.8) is 0 Å². The van der Waals surface area contributed by atoms with Crippen molar-refractivity contribution in [2.24, 2.45) is 7.05 Å². The smallest absolute Gasteiger partial charge is 0.250 e. The second-order valence-electron chi connectivity index (χ2n) is 7.43. The normalized spacial score (nSPS) is 16.0. The van der Waals surface area contributed by atoms with Crippen molar-refractivity contribution in [2.45, 2.75) is 19.4 Å². The SMILES string of the molecule is CC[C@H]1C(=O)N(C)c2cnc(-n3ccnc3-c3ccccc3)nc2N1c1cnn(C)c1. The summed E-state index contributed by atoms with van der Waals surface area (Å²) < 4.78 is 3.57. The second kappa shape index (κ2) is 7.35. The van der Waals surface area contributed by atoms with Gasteiger partial charge in [-0.05, 0) is 6.42 Å². The molecule has 0 bridgehead atoms. The van der Waals surface area contributed by atoms with Crippen molar-refractivity contribution in [1.29, 1.82) is 0 Å². The number of hydrogen-bond donors (Lipinski definition) is 0. The number of carbonyl (C=O) groups is 1. The van der Waals surface area contributed by atoms with Crippen LogP contribution in [0.4, 0.5) is 17.2 Å². The second-order valence-corrected chi connectivity index (χ2v) is 7.43. The molecule has 0 unspecified atom stereocenters. The maximum Gasteiger partial charge on any atom is 0.250 e. The van der Waals surface area contributed by atoms with Crippen molar-refractivity contribution in [3.05, 3.63) is 61.3 Å². The van der Waals surface area contributed by atoms with Crippen molar-refractivity contribution in [3.8, 4) is 17.3 Å². The van der Waals surface area contributed by atoms with Crippen LogP contribution >= 0.6 is 0 Å². The van der Waals surface area contributed by atoms with Crippen LogP contribution in [0.25, 0.3) is 17.3 Å². The lowest BCUT2D eigenvalue weighted by Gasteiger charge is -2.39. The number of anilines is 3. The van der Waals surface area contributed by atoms with E-state index in [9.17, 15) is 4.79 Å². The predicted octanol–water partition coefficient (Wildman–Crippen LogP) is 2.96. The van der Waals surface area contributed by atoms with Crippen LogP contribution in [0.2, 0.25) is 0 Å². The molecule has 0 fully saturated rings. The summed E-state index contributed by atoms with van der Waals surface area (Å²) in [6, 6.07) is 9.53. The van der Waals surface area contributed by atoms with Crippen LogP contribution in [0.15, 0.2) is 61.3 Å². The molecular weight excluding hydrogens is 392 g/mol. The van der Waals surface area contributed by atoms with Gasteiger partial charge >= 0.3 is 0 Å². The van der Waals surface area contributed by atoms with Gasteiger partial charge in [0.15, 0.2) is 5.82 Å². The van der Waals surface area contributed by atoms with Crippen LogP contribution in [0.5, 0.6) is 0 Å². The molecule has 1 amide bonds. The summed E-state index contributed by atoms with van der Waals surface area (Å²) in [6.45, 7) is 2.00. The first-order valence-corrected chi connectivity index (χ1v) is 10.1. The Labute approximate surface area is 179 Å².